The van der Waals surface area contributed by atoms with E-state index >= 15 is 0 Å². The zero-order valence-electron chi connectivity index (χ0n) is 3.45. The third-order valence-electron chi connectivity index (χ3n) is 0. The summed E-state index contributed by atoms with van der Waals surface area (Å²) in [6.07, 6.45) is 0. The van der Waals surface area contributed by atoms with Crippen LogP contribution in [-0.4, -0.2) is 0 Å². The van der Waals surface area contributed by atoms with Crippen LogP contribution < -0.4 is 0 Å². The van der Waals surface area contributed by atoms with Gasteiger partial charge in [-0.15, -0.1) is 0 Å². The number of hydrogen-bond acceptors (Lipinski definition) is 0. The Bertz CT molecular complexity index is 10.4. The van der Waals surface area contributed by atoms with Crippen molar-refractivity contribution in [2.24, 2.45) is 0 Å². The molecule has 0 unspecified atom stereocenters. The first-order valence-corrected chi connectivity index (χ1v) is 0. The quantitative estimate of drug-likeness (QED) is 0.430. The number of rotatable bonds is 0. The van der Waals surface area contributed by atoms with Crippen LogP contribution in [0.25, 0.3) is 0 Å². The van der Waals surface area contributed by atoms with E-state index in [9.17, 15) is 0 Å². The van der Waals surface area contributed by atoms with Crippen LogP contribution >= 0.6 is 0 Å². The molecule has 0 spiro atoms. The molecule has 0 aliphatic heterocycles. The van der Waals surface area contributed by atoms with Gasteiger partial charge in [-0.3, -0.25) is 0 Å². The Labute approximate surface area is 129 Å². The molecule has 8 heteroatoms. The first-order valence-electron chi connectivity index (χ1n) is 0. The fourth-order valence-electron chi connectivity index (χ4n) is 0. The van der Waals surface area contributed by atoms with Gasteiger partial charge in [-0.05, 0) is 0 Å². The molecule has 0 aliphatic rings. The second kappa shape index (κ2) is 83.2. The normalized spacial score (nSPS) is 0. The van der Waals surface area contributed by atoms with E-state index in [1.165, 1.54) is 0 Å². The van der Waals surface area contributed by atoms with E-state index in [4.69, 9.17) is 0 Å². The molecule has 5 nitrogen and oxygen atoms in total. The standard InChI is InChI=1S/2Ce.Mo.5O/q2*+3;+4;5*-2. The maximum Gasteiger partial charge on any atom is 4.00 e. The Morgan fingerprint density at radius 1 is 0.375 bits per heavy atom. The fraction of sp³-hybridized carbons (Fsp3) is 0. The Morgan fingerprint density at radius 2 is 0.375 bits per heavy atom. The first-order chi connectivity index (χ1) is 0. The van der Waals surface area contributed by atoms with Crippen molar-refractivity contribution < 1.29 is 132 Å². The predicted molar refractivity (Wildman–Crippen MR) is 3.43 cm³/mol. The minimum Gasteiger partial charge on any atom is -2.00 e. The molecule has 0 fully saturated rings. The molecule has 0 amide bonds. The molecule has 0 atom stereocenters. The third kappa shape index (κ3) is 59.7. The first kappa shape index (κ1) is 112. The van der Waals surface area contributed by atoms with Crippen molar-refractivity contribution in [2.45, 2.75) is 0 Å². The molecule has 0 bridgehead atoms. The smallest absolute Gasteiger partial charge is 2.00 e. The molecule has 2 radical (unpaired) electrons. The molecule has 0 saturated carbocycles. The molecule has 0 rings (SSSR count). The Balaban J connectivity index is 0. The second-order valence-electron chi connectivity index (χ2n) is 0. The van der Waals surface area contributed by atoms with Gasteiger partial charge in [-0.2, -0.15) is 0 Å². The van der Waals surface area contributed by atoms with Crippen LogP contribution in [0.1, 0.15) is 0 Å². The largest absolute Gasteiger partial charge is 4.00 e. The van der Waals surface area contributed by atoms with Crippen molar-refractivity contribution >= 4 is 0 Å². The van der Waals surface area contributed by atoms with E-state index in [0.29, 0.717) is 0 Å². The van der Waals surface area contributed by atoms with E-state index in [2.05, 4.69) is 0 Å². The van der Waals surface area contributed by atoms with Gasteiger partial charge in [0.05, 0.1) is 0 Å². The van der Waals surface area contributed by atoms with Crippen molar-refractivity contribution in [1.29, 1.82) is 0 Å². The van der Waals surface area contributed by atoms with Crippen molar-refractivity contribution in [2.75, 3.05) is 0 Å². The van der Waals surface area contributed by atoms with Crippen molar-refractivity contribution in [3.63, 3.8) is 0 Å². The zero-order chi connectivity index (χ0) is 0. The van der Waals surface area contributed by atoms with Crippen LogP contribution in [-0.2, 0) is 48.4 Å². The van der Waals surface area contributed by atoms with Crippen LogP contribution in [0.5, 0.6) is 0 Å². The van der Waals surface area contributed by atoms with E-state index in [1.54, 1.807) is 0 Å². The molecule has 44 valence electrons. The summed E-state index contributed by atoms with van der Waals surface area (Å²) < 4.78 is 0. The molecule has 0 aromatic heterocycles. The van der Waals surface area contributed by atoms with Crippen molar-refractivity contribution in [1.82, 2.24) is 0 Å². The van der Waals surface area contributed by atoms with Crippen LogP contribution in [0, 0.1) is 83.5 Å². The maximum absolute atomic E-state index is 0. The monoisotopic (exact) mass is 458 g/mol. The molecule has 0 N–H and O–H groups in total. The molecule has 0 aliphatic carbocycles. The summed E-state index contributed by atoms with van der Waals surface area (Å²) in [7, 11) is 0. The van der Waals surface area contributed by atoms with E-state index in [-0.39, 0.29) is 132 Å². The maximum atomic E-state index is 0. The molecule has 0 aromatic carbocycles. The summed E-state index contributed by atoms with van der Waals surface area (Å²) in [6.45, 7) is 0. The summed E-state index contributed by atoms with van der Waals surface area (Å²) in [4.78, 5) is 0. The van der Waals surface area contributed by atoms with Crippen molar-refractivity contribution in [3.05, 3.63) is 0 Å². The van der Waals surface area contributed by atoms with Gasteiger partial charge < -0.3 is 27.4 Å². The van der Waals surface area contributed by atoms with Gasteiger partial charge in [-0.25, -0.2) is 0 Å². The van der Waals surface area contributed by atoms with E-state index in [0.717, 1.165) is 0 Å². The third-order valence-corrected chi connectivity index (χ3v) is 0. The van der Waals surface area contributed by atoms with Gasteiger partial charge in [0.2, 0.25) is 0 Å². The van der Waals surface area contributed by atoms with Crippen LogP contribution in [0.3, 0.4) is 0 Å². The zero-order valence-corrected chi connectivity index (χ0v) is 11.7. The van der Waals surface area contributed by atoms with E-state index in [1.807, 2.05) is 0 Å². The summed E-state index contributed by atoms with van der Waals surface area (Å²) in [5.74, 6) is 0. The van der Waals surface area contributed by atoms with Crippen LogP contribution in [0.4, 0.5) is 0 Å². The fourth-order valence-corrected chi connectivity index (χ4v) is 0. The summed E-state index contributed by atoms with van der Waals surface area (Å²) in [5.41, 5.74) is 0. The Morgan fingerprint density at radius 3 is 0.375 bits per heavy atom. The Kier molecular flexibility index (Phi) is 1170. The van der Waals surface area contributed by atoms with Crippen LogP contribution in [0.2, 0.25) is 0 Å². The van der Waals surface area contributed by atoms with Gasteiger partial charge in [-0.1, -0.05) is 0 Å². The average molecular weight is 456 g/mol. The predicted octanol–water partition coefficient (Wildman–Crippen LogP) is -0.597. The minimum atomic E-state index is 0. The Hall–Kier alpha value is 3.24. The van der Waals surface area contributed by atoms with Gasteiger partial charge in [0, 0.05) is 0 Å². The molecule has 8 heavy (non-hydrogen) atoms. The molecule has 0 aromatic rings. The van der Waals surface area contributed by atoms with Gasteiger partial charge in [0.25, 0.3) is 0 Å². The van der Waals surface area contributed by atoms with E-state index < -0.39 is 0 Å². The molecular formula is Ce2MoO5. The molecule has 0 heterocycles. The van der Waals surface area contributed by atoms with Gasteiger partial charge >= 0.3 is 105 Å². The topological polar surface area (TPSA) is 142 Å². The minimum absolute atomic E-state index is 0. The summed E-state index contributed by atoms with van der Waals surface area (Å²) in [6, 6.07) is 0. The molecule has 0 saturated heterocycles. The second-order valence-corrected chi connectivity index (χ2v) is 0. The summed E-state index contributed by atoms with van der Waals surface area (Å²) in [5, 5.41) is 0. The average Bonchev–Trinajstić information content (AvgIpc) is 0. The van der Waals surface area contributed by atoms with Gasteiger partial charge in [0.15, 0.2) is 0 Å². The van der Waals surface area contributed by atoms with Gasteiger partial charge in [0.1, 0.15) is 0 Å². The SMILES string of the molecule is [Ce+3].[Ce+3].[Mo+4].[O-2].[O-2].[O-2].[O-2].[O-2]. The summed E-state index contributed by atoms with van der Waals surface area (Å²) >= 11 is 0. The van der Waals surface area contributed by atoms with Crippen molar-refractivity contribution in [3.8, 4) is 0 Å². The number of hydrogen-bond donors (Lipinski definition) is 0. The molecular weight excluding hydrogens is 456 g/mol. The van der Waals surface area contributed by atoms with Crippen LogP contribution in [0.15, 0.2) is 0 Å².